The number of hydrogen-bond donors (Lipinski definition) is 1. The van der Waals surface area contributed by atoms with Crippen LogP contribution in [0.15, 0.2) is 42.6 Å². The number of nitrogens with zero attached hydrogens (tertiary/aromatic N) is 2. The van der Waals surface area contributed by atoms with Gasteiger partial charge in [0, 0.05) is 18.3 Å². The topological polar surface area (TPSA) is 29.9 Å². The molecule has 1 atom stereocenters. The molecule has 16 heavy (non-hydrogen) atoms. The highest BCUT2D eigenvalue weighted by atomic mass is 15.3. The second-order valence-electron chi connectivity index (χ2n) is 4.19. The van der Waals surface area contributed by atoms with Crippen molar-refractivity contribution in [1.82, 2.24) is 15.1 Å². The molecule has 1 aliphatic rings. The normalized spacial score (nSPS) is 20.1. The zero-order chi connectivity index (χ0) is 10.8. The largest absolute Gasteiger partial charge is 0.315 e. The van der Waals surface area contributed by atoms with E-state index in [0.29, 0.717) is 6.04 Å². The molecule has 3 rings (SSSR count). The summed E-state index contributed by atoms with van der Waals surface area (Å²) in [5, 5.41) is 8.00. The number of benzene rings is 1. The van der Waals surface area contributed by atoms with Gasteiger partial charge >= 0.3 is 0 Å². The van der Waals surface area contributed by atoms with Crippen molar-refractivity contribution in [2.75, 3.05) is 13.1 Å². The second-order valence-corrected chi connectivity index (χ2v) is 4.19. The van der Waals surface area contributed by atoms with Gasteiger partial charge in [0.2, 0.25) is 0 Å². The van der Waals surface area contributed by atoms with Gasteiger partial charge in [-0.2, -0.15) is 5.10 Å². The molecule has 1 aromatic carbocycles. The van der Waals surface area contributed by atoms with Crippen molar-refractivity contribution in [2.45, 2.75) is 12.5 Å². The van der Waals surface area contributed by atoms with Crippen LogP contribution in [-0.4, -0.2) is 22.9 Å². The van der Waals surface area contributed by atoms with Crippen LogP contribution < -0.4 is 5.32 Å². The summed E-state index contributed by atoms with van der Waals surface area (Å²) < 4.78 is 2.09. The van der Waals surface area contributed by atoms with E-state index in [1.54, 1.807) is 0 Å². The summed E-state index contributed by atoms with van der Waals surface area (Å²) in [6, 6.07) is 12.9. The van der Waals surface area contributed by atoms with E-state index >= 15 is 0 Å². The summed E-state index contributed by atoms with van der Waals surface area (Å²) in [4.78, 5) is 0. The number of nitrogens with one attached hydrogen (secondary N) is 1. The molecule has 1 aromatic heterocycles. The quantitative estimate of drug-likeness (QED) is 0.827. The number of aromatic nitrogens is 2. The van der Waals surface area contributed by atoms with E-state index in [9.17, 15) is 0 Å². The molecule has 1 saturated heterocycles. The van der Waals surface area contributed by atoms with E-state index in [-0.39, 0.29) is 0 Å². The van der Waals surface area contributed by atoms with Gasteiger partial charge in [-0.05, 0) is 19.0 Å². The van der Waals surface area contributed by atoms with Crippen LogP contribution in [0.4, 0.5) is 0 Å². The van der Waals surface area contributed by atoms with E-state index in [0.717, 1.165) is 18.8 Å². The summed E-state index contributed by atoms with van der Waals surface area (Å²) >= 11 is 0. The molecular weight excluding hydrogens is 198 g/mol. The third-order valence-electron chi connectivity index (χ3n) is 3.09. The lowest BCUT2D eigenvalue weighted by Gasteiger charge is -2.07. The fraction of sp³-hybridized carbons (Fsp3) is 0.308. The highest BCUT2D eigenvalue weighted by Crippen LogP contribution is 2.20. The lowest BCUT2D eigenvalue weighted by atomic mass is 10.2. The first-order valence-electron chi connectivity index (χ1n) is 5.75. The summed E-state index contributed by atoms with van der Waals surface area (Å²) in [5.41, 5.74) is 2.25. The van der Waals surface area contributed by atoms with Gasteiger partial charge in [0.05, 0.1) is 11.7 Å². The van der Waals surface area contributed by atoms with Crippen LogP contribution in [0.25, 0.3) is 11.3 Å². The van der Waals surface area contributed by atoms with Crippen LogP contribution in [0.5, 0.6) is 0 Å². The van der Waals surface area contributed by atoms with Crippen LogP contribution in [0.3, 0.4) is 0 Å². The molecular formula is C13H15N3. The fourth-order valence-electron chi connectivity index (χ4n) is 2.17. The Labute approximate surface area is 95.1 Å². The molecule has 0 bridgehead atoms. The van der Waals surface area contributed by atoms with Crippen LogP contribution in [0.2, 0.25) is 0 Å². The molecule has 0 unspecified atom stereocenters. The second kappa shape index (κ2) is 4.10. The molecule has 0 radical (unpaired) electrons. The maximum absolute atomic E-state index is 4.64. The Morgan fingerprint density at radius 2 is 2.06 bits per heavy atom. The van der Waals surface area contributed by atoms with Crippen molar-refractivity contribution in [2.24, 2.45) is 0 Å². The minimum absolute atomic E-state index is 0.525. The first-order valence-corrected chi connectivity index (χ1v) is 5.75. The standard InChI is InChI=1S/C13H15N3/c1-2-4-11(5-3-1)13-7-9-16(15-13)12-6-8-14-10-12/h1-5,7,9,12,14H,6,8,10H2/t12-/m1/s1. The van der Waals surface area contributed by atoms with Crippen LogP contribution in [0, 0.1) is 0 Å². The van der Waals surface area contributed by atoms with Gasteiger partial charge in [0.15, 0.2) is 0 Å². The minimum Gasteiger partial charge on any atom is -0.315 e. The molecule has 1 aliphatic heterocycles. The smallest absolute Gasteiger partial charge is 0.0923 e. The Kier molecular flexibility index (Phi) is 2.46. The predicted molar refractivity (Wildman–Crippen MR) is 64.2 cm³/mol. The van der Waals surface area contributed by atoms with E-state index in [1.165, 1.54) is 12.0 Å². The average molecular weight is 213 g/mol. The average Bonchev–Trinajstić information content (AvgIpc) is 3.01. The first-order chi connectivity index (χ1) is 7.93. The monoisotopic (exact) mass is 213 g/mol. The SMILES string of the molecule is c1ccc(-c2ccn([C@@H]3CCNC3)n2)cc1. The minimum atomic E-state index is 0.525. The lowest BCUT2D eigenvalue weighted by Crippen LogP contribution is -2.13. The number of hydrogen-bond acceptors (Lipinski definition) is 2. The first kappa shape index (κ1) is 9.60. The van der Waals surface area contributed by atoms with Gasteiger partial charge in [-0.25, -0.2) is 0 Å². The van der Waals surface area contributed by atoms with Crippen LogP contribution in [-0.2, 0) is 0 Å². The van der Waals surface area contributed by atoms with Crippen molar-refractivity contribution in [3.63, 3.8) is 0 Å². The summed E-state index contributed by atoms with van der Waals surface area (Å²) in [5.74, 6) is 0. The molecule has 3 heteroatoms. The van der Waals surface area contributed by atoms with Crippen LogP contribution in [0.1, 0.15) is 12.5 Å². The Morgan fingerprint density at radius 1 is 1.19 bits per heavy atom. The van der Waals surface area contributed by atoms with Gasteiger partial charge in [0.1, 0.15) is 0 Å². The van der Waals surface area contributed by atoms with Crippen molar-refractivity contribution in [1.29, 1.82) is 0 Å². The van der Waals surface area contributed by atoms with E-state index in [4.69, 9.17) is 0 Å². The van der Waals surface area contributed by atoms with Crippen LogP contribution >= 0.6 is 0 Å². The summed E-state index contributed by atoms with van der Waals surface area (Å²) in [6.07, 6.45) is 3.26. The Morgan fingerprint density at radius 3 is 2.81 bits per heavy atom. The molecule has 1 N–H and O–H groups in total. The predicted octanol–water partition coefficient (Wildman–Crippen LogP) is 2.08. The molecule has 0 saturated carbocycles. The van der Waals surface area contributed by atoms with Gasteiger partial charge in [-0.15, -0.1) is 0 Å². The zero-order valence-corrected chi connectivity index (χ0v) is 9.13. The molecule has 1 fully saturated rings. The molecule has 2 heterocycles. The highest BCUT2D eigenvalue weighted by molar-refractivity contribution is 5.57. The summed E-state index contributed by atoms with van der Waals surface area (Å²) in [6.45, 7) is 2.14. The van der Waals surface area contributed by atoms with Crippen molar-refractivity contribution >= 4 is 0 Å². The number of rotatable bonds is 2. The molecule has 0 amide bonds. The highest BCUT2D eigenvalue weighted by Gasteiger charge is 2.17. The van der Waals surface area contributed by atoms with Crippen molar-refractivity contribution in [3.05, 3.63) is 42.6 Å². The molecule has 0 spiro atoms. The van der Waals surface area contributed by atoms with Crippen molar-refractivity contribution in [3.8, 4) is 11.3 Å². The van der Waals surface area contributed by atoms with Gasteiger partial charge in [-0.1, -0.05) is 30.3 Å². The third kappa shape index (κ3) is 1.74. The third-order valence-corrected chi connectivity index (χ3v) is 3.09. The Balaban J connectivity index is 1.87. The molecule has 3 nitrogen and oxygen atoms in total. The lowest BCUT2D eigenvalue weighted by molar-refractivity contribution is 0.492. The van der Waals surface area contributed by atoms with Gasteiger partial charge in [-0.3, -0.25) is 4.68 Å². The molecule has 0 aliphatic carbocycles. The maximum Gasteiger partial charge on any atom is 0.0923 e. The molecule has 82 valence electrons. The van der Waals surface area contributed by atoms with Gasteiger partial charge in [0.25, 0.3) is 0 Å². The van der Waals surface area contributed by atoms with E-state index in [1.807, 2.05) is 18.2 Å². The Bertz CT molecular complexity index is 455. The van der Waals surface area contributed by atoms with E-state index < -0.39 is 0 Å². The zero-order valence-electron chi connectivity index (χ0n) is 9.13. The van der Waals surface area contributed by atoms with Crippen molar-refractivity contribution < 1.29 is 0 Å². The Hall–Kier alpha value is -1.61. The maximum atomic E-state index is 4.64. The van der Waals surface area contributed by atoms with Gasteiger partial charge < -0.3 is 5.32 Å². The van der Waals surface area contributed by atoms with E-state index in [2.05, 4.69) is 39.5 Å². The molecule has 2 aromatic rings. The summed E-state index contributed by atoms with van der Waals surface area (Å²) in [7, 11) is 0. The fourth-order valence-corrected chi connectivity index (χ4v) is 2.17.